The predicted molar refractivity (Wildman–Crippen MR) is 75.3 cm³/mol. The molecular formula is C15H22N2O2. The van der Waals surface area contributed by atoms with Gasteiger partial charge in [0.2, 0.25) is 5.91 Å². The van der Waals surface area contributed by atoms with Gasteiger partial charge in [0, 0.05) is 6.04 Å². The third-order valence-electron chi connectivity index (χ3n) is 3.06. The summed E-state index contributed by atoms with van der Waals surface area (Å²) < 4.78 is 5.63. The molecule has 0 heterocycles. The maximum atomic E-state index is 11.6. The molecule has 104 valence electrons. The third kappa shape index (κ3) is 5.30. The van der Waals surface area contributed by atoms with Gasteiger partial charge in [-0.1, -0.05) is 17.7 Å². The second kappa shape index (κ2) is 6.57. The largest absolute Gasteiger partial charge is 0.491 e. The van der Waals surface area contributed by atoms with Crippen molar-refractivity contribution in [2.75, 3.05) is 13.2 Å². The Morgan fingerprint density at radius 3 is 2.68 bits per heavy atom. The van der Waals surface area contributed by atoms with E-state index < -0.39 is 0 Å². The number of amides is 1. The van der Waals surface area contributed by atoms with Crippen molar-refractivity contribution in [2.45, 2.75) is 38.8 Å². The minimum atomic E-state index is 0.00908. The molecular weight excluding hydrogens is 240 g/mol. The first-order chi connectivity index (χ1) is 9.13. The molecule has 1 aromatic rings. The van der Waals surface area contributed by atoms with E-state index in [-0.39, 0.29) is 11.9 Å². The molecule has 1 saturated carbocycles. The van der Waals surface area contributed by atoms with Crippen LogP contribution in [-0.2, 0) is 4.79 Å². The SMILES string of the molecule is Cc1ccc(OCC(C)NC(=O)CNC2CC2)cc1. The second-order valence-electron chi connectivity index (χ2n) is 5.25. The first-order valence-corrected chi connectivity index (χ1v) is 6.85. The highest BCUT2D eigenvalue weighted by Crippen LogP contribution is 2.17. The van der Waals surface area contributed by atoms with Crippen LogP contribution in [0.4, 0.5) is 0 Å². The summed E-state index contributed by atoms with van der Waals surface area (Å²) in [6.07, 6.45) is 2.39. The summed E-state index contributed by atoms with van der Waals surface area (Å²) in [7, 11) is 0. The van der Waals surface area contributed by atoms with Gasteiger partial charge >= 0.3 is 0 Å². The van der Waals surface area contributed by atoms with Crippen molar-refractivity contribution in [2.24, 2.45) is 0 Å². The summed E-state index contributed by atoms with van der Waals surface area (Å²) in [6.45, 7) is 4.88. The highest BCUT2D eigenvalue weighted by Gasteiger charge is 2.21. The number of carbonyl (C=O) groups is 1. The quantitative estimate of drug-likeness (QED) is 0.785. The standard InChI is InChI=1S/C15H22N2O2/c1-11-3-7-14(8-4-11)19-10-12(2)17-15(18)9-16-13-5-6-13/h3-4,7-8,12-13,16H,5-6,9-10H2,1-2H3,(H,17,18). The van der Waals surface area contributed by atoms with Crippen LogP contribution in [0.1, 0.15) is 25.3 Å². The maximum Gasteiger partial charge on any atom is 0.234 e. The Hall–Kier alpha value is -1.55. The Morgan fingerprint density at radius 2 is 2.05 bits per heavy atom. The Labute approximate surface area is 114 Å². The average molecular weight is 262 g/mol. The van der Waals surface area contributed by atoms with Crippen molar-refractivity contribution in [3.63, 3.8) is 0 Å². The molecule has 4 nitrogen and oxygen atoms in total. The number of rotatable bonds is 7. The number of hydrogen-bond acceptors (Lipinski definition) is 3. The van der Waals surface area contributed by atoms with Crippen molar-refractivity contribution < 1.29 is 9.53 Å². The number of carbonyl (C=O) groups excluding carboxylic acids is 1. The molecule has 1 atom stereocenters. The molecule has 2 rings (SSSR count). The lowest BCUT2D eigenvalue weighted by atomic mass is 10.2. The van der Waals surface area contributed by atoms with Crippen molar-refractivity contribution in [3.05, 3.63) is 29.8 Å². The summed E-state index contributed by atoms with van der Waals surface area (Å²) in [4.78, 5) is 11.6. The zero-order valence-electron chi connectivity index (χ0n) is 11.6. The normalized spacial score (nSPS) is 15.9. The van der Waals surface area contributed by atoms with E-state index >= 15 is 0 Å². The molecule has 1 aliphatic carbocycles. The van der Waals surface area contributed by atoms with E-state index in [2.05, 4.69) is 10.6 Å². The minimum Gasteiger partial charge on any atom is -0.491 e. The molecule has 0 radical (unpaired) electrons. The smallest absolute Gasteiger partial charge is 0.234 e. The lowest BCUT2D eigenvalue weighted by Crippen LogP contribution is -2.42. The van der Waals surface area contributed by atoms with Gasteiger partial charge in [-0.15, -0.1) is 0 Å². The topological polar surface area (TPSA) is 50.4 Å². The van der Waals surface area contributed by atoms with E-state index in [4.69, 9.17) is 4.74 Å². The summed E-state index contributed by atoms with van der Waals surface area (Å²) in [5, 5.41) is 6.11. The molecule has 0 spiro atoms. The first-order valence-electron chi connectivity index (χ1n) is 6.85. The van der Waals surface area contributed by atoms with Crippen molar-refractivity contribution in [1.29, 1.82) is 0 Å². The lowest BCUT2D eigenvalue weighted by molar-refractivity contribution is -0.121. The molecule has 1 unspecified atom stereocenters. The number of ether oxygens (including phenoxy) is 1. The minimum absolute atomic E-state index is 0.00908. The van der Waals surface area contributed by atoms with E-state index in [1.54, 1.807) is 0 Å². The first kappa shape index (κ1) is 13.9. The number of nitrogens with one attached hydrogen (secondary N) is 2. The van der Waals surface area contributed by atoms with Gasteiger partial charge in [-0.2, -0.15) is 0 Å². The monoisotopic (exact) mass is 262 g/mol. The van der Waals surface area contributed by atoms with Gasteiger partial charge in [0.05, 0.1) is 12.6 Å². The van der Waals surface area contributed by atoms with E-state index in [0.29, 0.717) is 19.2 Å². The summed E-state index contributed by atoms with van der Waals surface area (Å²) in [5.41, 5.74) is 1.21. The fraction of sp³-hybridized carbons (Fsp3) is 0.533. The van der Waals surface area contributed by atoms with Gasteiger partial charge in [-0.05, 0) is 38.8 Å². The lowest BCUT2D eigenvalue weighted by Gasteiger charge is -2.15. The second-order valence-corrected chi connectivity index (χ2v) is 5.25. The maximum absolute atomic E-state index is 11.6. The van der Waals surface area contributed by atoms with Crippen LogP contribution in [0.25, 0.3) is 0 Å². The molecule has 1 fully saturated rings. The van der Waals surface area contributed by atoms with Gasteiger partial charge in [-0.3, -0.25) is 4.79 Å². The van der Waals surface area contributed by atoms with Gasteiger partial charge in [0.1, 0.15) is 12.4 Å². The van der Waals surface area contributed by atoms with Gasteiger partial charge < -0.3 is 15.4 Å². The third-order valence-corrected chi connectivity index (χ3v) is 3.06. The molecule has 1 aromatic carbocycles. The van der Waals surface area contributed by atoms with Crippen LogP contribution in [0, 0.1) is 6.92 Å². The molecule has 2 N–H and O–H groups in total. The van der Waals surface area contributed by atoms with E-state index in [1.807, 2.05) is 38.1 Å². The molecule has 4 heteroatoms. The molecule has 1 amide bonds. The zero-order chi connectivity index (χ0) is 13.7. The fourth-order valence-electron chi connectivity index (χ4n) is 1.75. The van der Waals surface area contributed by atoms with Gasteiger partial charge in [0.15, 0.2) is 0 Å². The summed E-state index contributed by atoms with van der Waals surface area (Å²) in [5.74, 6) is 0.870. The van der Waals surface area contributed by atoms with Gasteiger partial charge in [-0.25, -0.2) is 0 Å². The van der Waals surface area contributed by atoms with E-state index in [1.165, 1.54) is 18.4 Å². The van der Waals surface area contributed by atoms with Crippen LogP contribution in [0.2, 0.25) is 0 Å². The van der Waals surface area contributed by atoms with E-state index in [9.17, 15) is 4.79 Å². The Bertz CT molecular complexity index is 413. The molecule has 1 aliphatic rings. The number of aryl methyl sites for hydroxylation is 1. The molecule has 19 heavy (non-hydrogen) atoms. The van der Waals surface area contributed by atoms with Crippen molar-refractivity contribution >= 4 is 5.91 Å². The van der Waals surface area contributed by atoms with Crippen LogP contribution in [0.3, 0.4) is 0 Å². The molecule has 0 aromatic heterocycles. The Balaban J connectivity index is 1.64. The van der Waals surface area contributed by atoms with Gasteiger partial charge in [0.25, 0.3) is 0 Å². The van der Waals surface area contributed by atoms with Crippen LogP contribution < -0.4 is 15.4 Å². The Kier molecular flexibility index (Phi) is 4.80. The zero-order valence-corrected chi connectivity index (χ0v) is 11.6. The number of benzene rings is 1. The highest BCUT2D eigenvalue weighted by atomic mass is 16.5. The fourth-order valence-corrected chi connectivity index (χ4v) is 1.75. The van der Waals surface area contributed by atoms with Crippen LogP contribution in [0.15, 0.2) is 24.3 Å². The predicted octanol–water partition coefficient (Wildman–Crippen LogP) is 1.63. The molecule has 0 bridgehead atoms. The van der Waals surface area contributed by atoms with Crippen molar-refractivity contribution in [3.8, 4) is 5.75 Å². The number of hydrogen-bond donors (Lipinski definition) is 2. The molecule has 0 aliphatic heterocycles. The van der Waals surface area contributed by atoms with Crippen molar-refractivity contribution in [1.82, 2.24) is 10.6 Å². The van der Waals surface area contributed by atoms with Crippen LogP contribution in [-0.4, -0.2) is 31.1 Å². The van der Waals surface area contributed by atoms with E-state index in [0.717, 1.165) is 5.75 Å². The summed E-state index contributed by atoms with van der Waals surface area (Å²) >= 11 is 0. The average Bonchev–Trinajstić information content (AvgIpc) is 3.20. The Morgan fingerprint density at radius 1 is 1.37 bits per heavy atom. The van der Waals surface area contributed by atoms with Crippen LogP contribution in [0.5, 0.6) is 5.75 Å². The highest BCUT2D eigenvalue weighted by molar-refractivity contribution is 5.78. The summed E-state index contributed by atoms with van der Waals surface area (Å²) in [6, 6.07) is 8.48. The molecule has 0 saturated heterocycles. The van der Waals surface area contributed by atoms with Crippen LogP contribution >= 0.6 is 0 Å².